The van der Waals surface area contributed by atoms with Crippen molar-refractivity contribution in [3.8, 4) is 0 Å². The van der Waals surface area contributed by atoms with Crippen molar-refractivity contribution in [1.82, 2.24) is 0 Å². The van der Waals surface area contributed by atoms with E-state index in [0.29, 0.717) is 13.2 Å². The molecule has 4 nitrogen and oxygen atoms in total. The average molecular weight is 260 g/mol. The number of hydrogen-bond acceptors (Lipinski definition) is 3. The van der Waals surface area contributed by atoms with Gasteiger partial charge in [-0.3, -0.25) is 4.79 Å². The number of ether oxygens (including phenoxy) is 1. The van der Waals surface area contributed by atoms with Crippen molar-refractivity contribution >= 4 is 11.6 Å². The Morgan fingerprint density at radius 2 is 2.21 bits per heavy atom. The minimum atomic E-state index is -0.00731. The molecule has 2 heterocycles. The van der Waals surface area contributed by atoms with Crippen molar-refractivity contribution in [2.75, 3.05) is 24.7 Å². The van der Waals surface area contributed by atoms with Crippen LogP contribution in [0, 0.1) is 5.92 Å². The number of para-hydroxylation sites is 1. The molecule has 0 spiro atoms. The van der Waals surface area contributed by atoms with E-state index in [0.717, 1.165) is 31.6 Å². The Morgan fingerprint density at radius 1 is 1.37 bits per heavy atom. The van der Waals surface area contributed by atoms with Gasteiger partial charge in [0.25, 0.3) is 0 Å². The lowest BCUT2D eigenvalue weighted by atomic mass is 9.95. The number of hydrogen-bond donors (Lipinski definition) is 1. The first-order valence-electron chi connectivity index (χ1n) is 6.98. The van der Waals surface area contributed by atoms with Gasteiger partial charge in [0, 0.05) is 24.9 Å². The van der Waals surface area contributed by atoms with Gasteiger partial charge in [-0.05, 0) is 30.9 Å². The summed E-state index contributed by atoms with van der Waals surface area (Å²) in [5, 5.41) is 0. The van der Waals surface area contributed by atoms with Crippen molar-refractivity contribution in [2.45, 2.75) is 25.3 Å². The molecule has 102 valence electrons. The normalized spacial score (nSPS) is 26.9. The number of carbonyl (C=O) groups is 1. The highest BCUT2D eigenvalue weighted by molar-refractivity contribution is 5.96. The number of carbonyl (C=O) groups excluding carboxylic acids is 1. The van der Waals surface area contributed by atoms with E-state index in [1.165, 1.54) is 5.56 Å². The van der Waals surface area contributed by atoms with Crippen LogP contribution in [0.15, 0.2) is 24.3 Å². The zero-order valence-electron chi connectivity index (χ0n) is 11.0. The number of fused-ring (bicyclic) bond motifs is 1. The largest absolute Gasteiger partial charge is 0.381 e. The summed E-state index contributed by atoms with van der Waals surface area (Å²) < 4.78 is 5.43. The molecule has 1 aromatic rings. The molecule has 1 amide bonds. The summed E-state index contributed by atoms with van der Waals surface area (Å²) in [6.45, 7) is 1.94. The third-order valence-electron chi connectivity index (χ3n) is 3.96. The van der Waals surface area contributed by atoms with E-state index in [1.807, 2.05) is 23.1 Å². The fourth-order valence-corrected chi connectivity index (χ4v) is 2.99. The lowest BCUT2D eigenvalue weighted by Crippen LogP contribution is -2.49. The van der Waals surface area contributed by atoms with E-state index >= 15 is 0 Å². The van der Waals surface area contributed by atoms with Crippen molar-refractivity contribution in [3.05, 3.63) is 29.8 Å². The summed E-state index contributed by atoms with van der Waals surface area (Å²) in [5.74, 6) is 0.161. The van der Waals surface area contributed by atoms with E-state index < -0.39 is 0 Å². The number of anilines is 1. The van der Waals surface area contributed by atoms with Crippen LogP contribution in [0.3, 0.4) is 0 Å². The molecule has 1 saturated heterocycles. The number of rotatable bonds is 1. The molecular weight excluding hydrogens is 240 g/mol. The van der Waals surface area contributed by atoms with Gasteiger partial charge in [0.1, 0.15) is 0 Å². The molecule has 3 rings (SSSR count). The Bertz CT molecular complexity index is 469. The van der Waals surface area contributed by atoms with Crippen LogP contribution in [0.25, 0.3) is 0 Å². The SMILES string of the molecule is NC1Cc2ccccc2N(C(=O)C2CCCOC2)C1. The maximum atomic E-state index is 12.7. The molecule has 19 heavy (non-hydrogen) atoms. The molecule has 2 N–H and O–H groups in total. The number of nitrogens with two attached hydrogens (primary N) is 1. The quantitative estimate of drug-likeness (QED) is 0.828. The molecule has 2 unspecified atom stereocenters. The van der Waals surface area contributed by atoms with Crippen molar-refractivity contribution < 1.29 is 9.53 Å². The predicted octanol–water partition coefficient (Wildman–Crippen LogP) is 1.33. The summed E-state index contributed by atoms with van der Waals surface area (Å²) >= 11 is 0. The average Bonchev–Trinajstić information content (AvgIpc) is 2.46. The first-order valence-corrected chi connectivity index (χ1v) is 6.98. The monoisotopic (exact) mass is 260 g/mol. The molecule has 0 radical (unpaired) electrons. The van der Waals surface area contributed by atoms with Gasteiger partial charge < -0.3 is 15.4 Å². The van der Waals surface area contributed by atoms with Crippen LogP contribution in [0.5, 0.6) is 0 Å². The smallest absolute Gasteiger partial charge is 0.232 e. The van der Waals surface area contributed by atoms with Crippen molar-refractivity contribution in [1.29, 1.82) is 0 Å². The topological polar surface area (TPSA) is 55.6 Å². The molecule has 0 aromatic heterocycles. The Morgan fingerprint density at radius 3 is 3.00 bits per heavy atom. The first kappa shape index (κ1) is 12.6. The van der Waals surface area contributed by atoms with Gasteiger partial charge in [0.15, 0.2) is 0 Å². The first-order chi connectivity index (χ1) is 9.25. The minimum Gasteiger partial charge on any atom is -0.381 e. The van der Waals surface area contributed by atoms with Crippen LogP contribution in [0.1, 0.15) is 18.4 Å². The number of amides is 1. The summed E-state index contributed by atoms with van der Waals surface area (Å²) in [6, 6.07) is 8.09. The molecule has 0 bridgehead atoms. The lowest BCUT2D eigenvalue weighted by molar-refractivity contribution is -0.126. The summed E-state index contributed by atoms with van der Waals surface area (Å²) in [5.41, 5.74) is 8.28. The molecule has 0 saturated carbocycles. The van der Waals surface area contributed by atoms with Gasteiger partial charge in [-0.2, -0.15) is 0 Å². The highest BCUT2D eigenvalue weighted by atomic mass is 16.5. The standard InChI is InChI=1S/C15H20N2O2/c16-13-8-11-4-1-2-6-14(11)17(9-13)15(18)12-5-3-7-19-10-12/h1-2,4,6,12-13H,3,5,7-10,16H2. The van der Waals surface area contributed by atoms with Gasteiger partial charge in [-0.25, -0.2) is 0 Å². The molecule has 1 aromatic carbocycles. The maximum Gasteiger partial charge on any atom is 0.232 e. The second-order valence-corrected chi connectivity index (χ2v) is 5.46. The van der Waals surface area contributed by atoms with E-state index in [-0.39, 0.29) is 17.9 Å². The Labute approximate surface area is 113 Å². The summed E-state index contributed by atoms with van der Waals surface area (Å²) in [7, 11) is 0. The van der Waals surface area contributed by atoms with Gasteiger partial charge in [-0.15, -0.1) is 0 Å². The van der Waals surface area contributed by atoms with Crippen LogP contribution >= 0.6 is 0 Å². The van der Waals surface area contributed by atoms with Crippen LogP contribution < -0.4 is 10.6 Å². The number of benzene rings is 1. The van der Waals surface area contributed by atoms with Crippen molar-refractivity contribution in [2.24, 2.45) is 11.7 Å². The molecule has 4 heteroatoms. The lowest BCUT2D eigenvalue weighted by Gasteiger charge is -2.36. The summed E-state index contributed by atoms with van der Waals surface area (Å²) in [4.78, 5) is 14.5. The highest BCUT2D eigenvalue weighted by Gasteiger charge is 2.32. The second kappa shape index (κ2) is 5.31. The summed E-state index contributed by atoms with van der Waals surface area (Å²) in [6.07, 6.45) is 2.74. The van der Waals surface area contributed by atoms with Crippen LogP contribution in [-0.2, 0) is 16.0 Å². The highest BCUT2D eigenvalue weighted by Crippen LogP contribution is 2.29. The van der Waals surface area contributed by atoms with Gasteiger partial charge in [0.05, 0.1) is 12.5 Å². The fraction of sp³-hybridized carbons (Fsp3) is 0.533. The molecular formula is C15H20N2O2. The van der Waals surface area contributed by atoms with Gasteiger partial charge in [0.2, 0.25) is 5.91 Å². The third kappa shape index (κ3) is 2.51. The van der Waals surface area contributed by atoms with E-state index in [4.69, 9.17) is 10.5 Å². The van der Waals surface area contributed by atoms with Crippen LogP contribution in [-0.4, -0.2) is 31.7 Å². The Kier molecular flexibility index (Phi) is 3.53. The minimum absolute atomic E-state index is 0.00731. The molecule has 1 fully saturated rings. The van der Waals surface area contributed by atoms with E-state index in [2.05, 4.69) is 6.07 Å². The van der Waals surface area contributed by atoms with Gasteiger partial charge >= 0.3 is 0 Å². The number of nitrogens with zero attached hydrogens (tertiary/aromatic N) is 1. The maximum absolute atomic E-state index is 12.7. The van der Waals surface area contributed by atoms with E-state index in [9.17, 15) is 4.79 Å². The zero-order valence-corrected chi connectivity index (χ0v) is 11.0. The van der Waals surface area contributed by atoms with Gasteiger partial charge in [-0.1, -0.05) is 18.2 Å². The molecule has 2 aliphatic heterocycles. The van der Waals surface area contributed by atoms with E-state index in [1.54, 1.807) is 0 Å². The predicted molar refractivity (Wildman–Crippen MR) is 74.0 cm³/mol. The fourth-order valence-electron chi connectivity index (χ4n) is 2.99. The second-order valence-electron chi connectivity index (χ2n) is 5.46. The Hall–Kier alpha value is -1.39. The zero-order chi connectivity index (χ0) is 13.2. The third-order valence-corrected chi connectivity index (χ3v) is 3.96. The van der Waals surface area contributed by atoms with Crippen LogP contribution in [0.2, 0.25) is 0 Å². The molecule has 0 aliphatic carbocycles. The Balaban J connectivity index is 1.85. The van der Waals surface area contributed by atoms with Crippen molar-refractivity contribution in [3.63, 3.8) is 0 Å². The van der Waals surface area contributed by atoms with Crippen LogP contribution in [0.4, 0.5) is 5.69 Å². The molecule has 2 aliphatic rings. The molecule has 2 atom stereocenters.